The number of nitrogens with zero attached hydrogens (tertiary/aromatic N) is 4. The molecule has 0 bridgehead atoms. The first-order valence-electron chi connectivity index (χ1n) is 7.85. The van der Waals surface area contributed by atoms with Crippen molar-refractivity contribution in [3.05, 3.63) is 50.4 Å². The first-order chi connectivity index (χ1) is 11.9. The van der Waals surface area contributed by atoms with E-state index in [0.29, 0.717) is 18.8 Å². The normalized spacial score (nSPS) is 11.0. The van der Waals surface area contributed by atoms with Gasteiger partial charge in [-0.15, -0.1) is 0 Å². The summed E-state index contributed by atoms with van der Waals surface area (Å²) in [7, 11) is 1.72. The summed E-state index contributed by atoms with van der Waals surface area (Å²) < 4.78 is 2.94. The molecule has 9 heteroatoms. The molecule has 0 saturated carbocycles. The Morgan fingerprint density at radius 3 is 2.72 bits per heavy atom. The van der Waals surface area contributed by atoms with Gasteiger partial charge < -0.3 is 5.32 Å². The van der Waals surface area contributed by atoms with Gasteiger partial charge in [0.05, 0.1) is 16.6 Å². The average Bonchev–Trinajstić information content (AvgIpc) is 2.88. The van der Waals surface area contributed by atoms with Gasteiger partial charge in [0.15, 0.2) is 0 Å². The van der Waals surface area contributed by atoms with E-state index in [4.69, 9.17) is 0 Å². The molecule has 0 saturated heterocycles. The highest BCUT2D eigenvalue weighted by Gasteiger charge is 2.14. The van der Waals surface area contributed by atoms with Crippen molar-refractivity contribution in [2.75, 3.05) is 5.32 Å². The first-order valence-corrected chi connectivity index (χ1v) is 7.85. The topological polar surface area (TPSA) is 115 Å². The van der Waals surface area contributed by atoms with E-state index in [0.717, 1.165) is 5.69 Å². The van der Waals surface area contributed by atoms with E-state index in [2.05, 4.69) is 20.4 Å². The second kappa shape index (κ2) is 6.34. The number of rotatable bonds is 4. The average molecular weight is 342 g/mol. The summed E-state index contributed by atoms with van der Waals surface area (Å²) >= 11 is 0. The molecule has 3 aromatic heterocycles. The molecular formula is C16H18N6O3. The van der Waals surface area contributed by atoms with Gasteiger partial charge in [-0.3, -0.25) is 23.8 Å². The molecule has 0 aromatic carbocycles. The van der Waals surface area contributed by atoms with Crippen molar-refractivity contribution in [2.45, 2.75) is 26.8 Å². The Balaban J connectivity index is 2.04. The molecule has 2 N–H and O–H groups in total. The minimum Gasteiger partial charge on any atom is -0.307 e. The largest absolute Gasteiger partial charge is 0.329 e. The number of aromatic nitrogens is 5. The fourth-order valence-electron chi connectivity index (χ4n) is 2.64. The number of amides is 1. The molecule has 25 heavy (non-hydrogen) atoms. The molecule has 0 spiro atoms. The number of anilines is 1. The van der Waals surface area contributed by atoms with Crippen molar-refractivity contribution in [1.82, 2.24) is 24.3 Å². The van der Waals surface area contributed by atoms with E-state index in [1.165, 1.54) is 16.8 Å². The Labute approximate surface area is 142 Å². The predicted octanol–water partition coefficient (Wildman–Crippen LogP) is 0.789. The monoisotopic (exact) mass is 342 g/mol. The van der Waals surface area contributed by atoms with Crippen LogP contribution in [0.4, 0.5) is 5.82 Å². The van der Waals surface area contributed by atoms with Crippen molar-refractivity contribution < 1.29 is 4.79 Å². The second-order valence-corrected chi connectivity index (χ2v) is 5.75. The summed E-state index contributed by atoms with van der Waals surface area (Å²) in [6.07, 6.45) is 2.07. The van der Waals surface area contributed by atoms with Crippen LogP contribution in [0, 0.1) is 6.92 Å². The molecule has 0 aliphatic heterocycles. The highest BCUT2D eigenvalue weighted by Crippen LogP contribution is 2.12. The maximum atomic E-state index is 12.4. The summed E-state index contributed by atoms with van der Waals surface area (Å²) in [6, 6.07) is 3.17. The molecule has 0 fully saturated rings. The van der Waals surface area contributed by atoms with E-state index in [-0.39, 0.29) is 16.6 Å². The third-order valence-corrected chi connectivity index (χ3v) is 3.79. The van der Waals surface area contributed by atoms with Crippen LogP contribution in [-0.2, 0) is 13.6 Å². The lowest BCUT2D eigenvalue weighted by Gasteiger charge is -2.09. The maximum Gasteiger partial charge on any atom is 0.329 e. The summed E-state index contributed by atoms with van der Waals surface area (Å²) in [5, 5.41) is 7.08. The van der Waals surface area contributed by atoms with Crippen molar-refractivity contribution in [1.29, 1.82) is 0 Å². The van der Waals surface area contributed by atoms with E-state index in [1.807, 2.05) is 13.8 Å². The van der Waals surface area contributed by atoms with Crippen molar-refractivity contribution in [3.8, 4) is 0 Å². The number of fused-ring (bicyclic) bond motifs is 1. The van der Waals surface area contributed by atoms with Crippen LogP contribution in [0.5, 0.6) is 0 Å². The maximum absolute atomic E-state index is 12.4. The smallest absolute Gasteiger partial charge is 0.307 e. The zero-order valence-electron chi connectivity index (χ0n) is 14.2. The third kappa shape index (κ3) is 3.08. The van der Waals surface area contributed by atoms with Crippen LogP contribution in [0.1, 0.15) is 29.4 Å². The molecule has 3 rings (SSSR count). The molecule has 1 amide bonds. The van der Waals surface area contributed by atoms with Crippen LogP contribution in [0.15, 0.2) is 27.9 Å². The zero-order chi connectivity index (χ0) is 18.1. The van der Waals surface area contributed by atoms with Crippen LogP contribution >= 0.6 is 0 Å². The number of hydrogen-bond donors (Lipinski definition) is 2. The summed E-state index contributed by atoms with van der Waals surface area (Å²) in [6.45, 7) is 4.17. The zero-order valence-corrected chi connectivity index (χ0v) is 14.2. The van der Waals surface area contributed by atoms with Gasteiger partial charge in [-0.2, -0.15) is 5.10 Å². The molecule has 9 nitrogen and oxygen atoms in total. The fourth-order valence-corrected chi connectivity index (χ4v) is 2.64. The predicted molar refractivity (Wildman–Crippen MR) is 92.8 cm³/mol. The van der Waals surface area contributed by atoms with Gasteiger partial charge in [-0.25, -0.2) is 9.78 Å². The Hall–Kier alpha value is -3.23. The highest BCUT2D eigenvalue weighted by molar-refractivity contribution is 6.05. The quantitative estimate of drug-likeness (QED) is 0.727. The van der Waals surface area contributed by atoms with E-state index < -0.39 is 17.2 Å². The Morgan fingerprint density at radius 2 is 2.08 bits per heavy atom. The number of hydrogen-bond acceptors (Lipinski definition) is 5. The molecule has 130 valence electrons. The summed E-state index contributed by atoms with van der Waals surface area (Å²) in [4.78, 5) is 42.9. The molecular weight excluding hydrogens is 324 g/mol. The van der Waals surface area contributed by atoms with Gasteiger partial charge in [-0.05, 0) is 19.4 Å². The molecule has 0 aliphatic rings. The van der Waals surface area contributed by atoms with Gasteiger partial charge in [0.2, 0.25) is 0 Å². The minimum atomic E-state index is -0.564. The van der Waals surface area contributed by atoms with Crippen LogP contribution in [0.25, 0.3) is 11.0 Å². The molecule has 0 unspecified atom stereocenters. The van der Waals surface area contributed by atoms with Gasteiger partial charge in [0.1, 0.15) is 11.5 Å². The number of carbonyl (C=O) groups is 1. The number of pyridine rings is 1. The Bertz CT molecular complexity index is 1080. The highest BCUT2D eigenvalue weighted by atomic mass is 16.2. The van der Waals surface area contributed by atoms with Crippen molar-refractivity contribution >= 4 is 22.8 Å². The van der Waals surface area contributed by atoms with E-state index in [1.54, 1.807) is 17.8 Å². The standard InChI is InChI=1S/C16H18N6O3/c1-4-5-22-13-11(15(24)19-16(22)25)7-10(8-17-13)14(23)18-12-6-9(2)20-21(12)3/h6-8H,4-5H2,1-3H3,(H,18,23)(H,19,24,25). The summed E-state index contributed by atoms with van der Waals surface area (Å²) in [5.74, 6) is 0.123. The number of aryl methyl sites for hydroxylation is 3. The van der Waals surface area contributed by atoms with Crippen LogP contribution in [0.2, 0.25) is 0 Å². The molecule has 0 atom stereocenters. The fraction of sp³-hybridized carbons (Fsp3) is 0.312. The lowest BCUT2D eigenvalue weighted by molar-refractivity contribution is 0.102. The third-order valence-electron chi connectivity index (χ3n) is 3.79. The SMILES string of the molecule is CCCn1c(=O)[nH]c(=O)c2cc(C(=O)Nc3cc(C)nn3C)cnc21. The molecule has 0 aliphatic carbocycles. The van der Waals surface area contributed by atoms with Crippen LogP contribution in [0.3, 0.4) is 0 Å². The van der Waals surface area contributed by atoms with Gasteiger partial charge in [0.25, 0.3) is 11.5 Å². The number of aromatic amines is 1. The van der Waals surface area contributed by atoms with E-state index >= 15 is 0 Å². The van der Waals surface area contributed by atoms with Gasteiger partial charge in [0, 0.05) is 25.9 Å². The lowest BCUT2D eigenvalue weighted by atomic mass is 10.2. The van der Waals surface area contributed by atoms with Crippen molar-refractivity contribution in [2.24, 2.45) is 7.05 Å². The van der Waals surface area contributed by atoms with Gasteiger partial charge >= 0.3 is 5.69 Å². The first kappa shape index (κ1) is 16.6. The van der Waals surface area contributed by atoms with Crippen LogP contribution in [-0.4, -0.2) is 30.2 Å². The lowest BCUT2D eigenvalue weighted by Crippen LogP contribution is -2.31. The molecule has 3 heterocycles. The van der Waals surface area contributed by atoms with E-state index in [9.17, 15) is 14.4 Å². The van der Waals surface area contributed by atoms with Crippen molar-refractivity contribution in [3.63, 3.8) is 0 Å². The number of H-pyrrole nitrogens is 1. The molecule has 0 radical (unpaired) electrons. The second-order valence-electron chi connectivity index (χ2n) is 5.75. The Kier molecular flexibility index (Phi) is 4.22. The Morgan fingerprint density at radius 1 is 1.32 bits per heavy atom. The number of nitrogens with one attached hydrogen (secondary N) is 2. The minimum absolute atomic E-state index is 0.196. The molecule has 3 aromatic rings. The van der Waals surface area contributed by atoms with Crippen LogP contribution < -0.4 is 16.6 Å². The number of carbonyl (C=O) groups excluding carboxylic acids is 1. The summed E-state index contributed by atoms with van der Waals surface area (Å²) in [5.41, 5.74) is 0.192. The van der Waals surface area contributed by atoms with Gasteiger partial charge in [-0.1, -0.05) is 6.92 Å².